The van der Waals surface area contributed by atoms with Crippen molar-refractivity contribution in [3.63, 3.8) is 0 Å². The molecular formula is C13H22N2O4. The van der Waals surface area contributed by atoms with Gasteiger partial charge in [-0.1, -0.05) is 13.8 Å². The van der Waals surface area contributed by atoms with Gasteiger partial charge in [0.1, 0.15) is 6.04 Å². The number of nitrogens with zero attached hydrogens (tertiary/aromatic N) is 1. The van der Waals surface area contributed by atoms with Crippen LogP contribution in [0.2, 0.25) is 0 Å². The molecular weight excluding hydrogens is 248 g/mol. The van der Waals surface area contributed by atoms with Crippen LogP contribution in [-0.4, -0.2) is 48.4 Å². The van der Waals surface area contributed by atoms with Crippen molar-refractivity contribution in [2.24, 2.45) is 5.92 Å². The molecule has 0 saturated carbocycles. The summed E-state index contributed by atoms with van der Waals surface area (Å²) in [5.74, 6) is -0.288. The second kappa shape index (κ2) is 6.54. The van der Waals surface area contributed by atoms with Crippen LogP contribution in [0.5, 0.6) is 0 Å². The average Bonchev–Trinajstić information content (AvgIpc) is 2.83. The molecule has 6 nitrogen and oxygen atoms in total. The van der Waals surface area contributed by atoms with E-state index in [2.05, 4.69) is 10.1 Å². The molecule has 1 rings (SSSR count). The molecule has 1 N–H and O–H groups in total. The number of methoxy groups -OCH3 is 1. The molecule has 0 aromatic carbocycles. The molecule has 1 aliphatic heterocycles. The summed E-state index contributed by atoms with van der Waals surface area (Å²) in [5.41, 5.74) is 0. The van der Waals surface area contributed by atoms with Gasteiger partial charge in [0, 0.05) is 6.54 Å². The number of hydrogen-bond donors (Lipinski definition) is 1. The van der Waals surface area contributed by atoms with Gasteiger partial charge in [-0.3, -0.25) is 9.59 Å². The van der Waals surface area contributed by atoms with Gasteiger partial charge in [0.15, 0.2) is 5.78 Å². The van der Waals surface area contributed by atoms with Crippen LogP contribution >= 0.6 is 0 Å². The minimum Gasteiger partial charge on any atom is -0.453 e. The molecule has 2 amide bonds. The van der Waals surface area contributed by atoms with Crippen molar-refractivity contribution in [3.8, 4) is 0 Å². The number of nitrogens with one attached hydrogen (secondary N) is 1. The molecule has 108 valence electrons. The fourth-order valence-corrected chi connectivity index (χ4v) is 2.33. The number of ketones is 1. The number of likely N-dealkylation sites (tertiary alicyclic amines) is 1. The Labute approximate surface area is 113 Å². The third kappa shape index (κ3) is 3.68. The van der Waals surface area contributed by atoms with Gasteiger partial charge < -0.3 is 15.0 Å². The third-order valence-corrected chi connectivity index (χ3v) is 3.40. The number of carbonyl (C=O) groups is 3. The number of carbonyl (C=O) groups excluding carboxylic acids is 3. The van der Waals surface area contributed by atoms with E-state index in [-0.39, 0.29) is 23.7 Å². The average molecular weight is 270 g/mol. The minimum atomic E-state index is -0.660. The molecule has 0 aromatic rings. The first-order valence-corrected chi connectivity index (χ1v) is 6.54. The summed E-state index contributed by atoms with van der Waals surface area (Å²) in [7, 11) is 1.26. The normalized spacial score (nSPS) is 20.3. The molecule has 2 unspecified atom stereocenters. The summed E-state index contributed by atoms with van der Waals surface area (Å²) in [6.07, 6.45) is 0.883. The molecule has 1 heterocycles. The van der Waals surface area contributed by atoms with E-state index in [1.54, 1.807) is 4.90 Å². The summed E-state index contributed by atoms with van der Waals surface area (Å²) in [6.45, 7) is 5.75. The molecule has 6 heteroatoms. The highest BCUT2D eigenvalue weighted by Gasteiger charge is 2.37. The Hall–Kier alpha value is -1.59. The van der Waals surface area contributed by atoms with Gasteiger partial charge in [0.2, 0.25) is 5.91 Å². The predicted octanol–water partition coefficient (Wildman–Crippen LogP) is 0.947. The summed E-state index contributed by atoms with van der Waals surface area (Å²) in [6, 6.07) is -1.01. The highest BCUT2D eigenvalue weighted by atomic mass is 16.5. The van der Waals surface area contributed by atoms with Crippen LogP contribution in [0.4, 0.5) is 4.79 Å². The summed E-state index contributed by atoms with van der Waals surface area (Å²) in [5, 5.41) is 2.54. The second-order valence-electron chi connectivity index (χ2n) is 5.16. The maximum absolute atomic E-state index is 12.5. The lowest BCUT2D eigenvalue weighted by molar-refractivity contribution is -0.139. The largest absolute Gasteiger partial charge is 0.453 e. The topological polar surface area (TPSA) is 75.7 Å². The van der Waals surface area contributed by atoms with Crippen LogP contribution in [0.15, 0.2) is 0 Å². The van der Waals surface area contributed by atoms with Crippen molar-refractivity contribution in [1.29, 1.82) is 0 Å². The van der Waals surface area contributed by atoms with Crippen molar-refractivity contribution < 1.29 is 19.1 Å². The van der Waals surface area contributed by atoms with Gasteiger partial charge >= 0.3 is 6.09 Å². The Kier molecular flexibility index (Phi) is 5.32. The lowest BCUT2D eigenvalue weighted by atomic mass is 10.0. The molecule has 0 bridgehead atoms. The Morgan fingerprint density at radius 2 is 1.95 bits per heavy atom. The van der Waals surface area contributed by atoms with E-state index in [4.69, 9.17) is 0 Å². The molecule has 1 fully saturated rings. The van der Waals surface area contributed by atoms with Gasteiger partial charge in [-0.15, -0.1) is 0 Å². The van der Waals surface area contributed by atoms with E-state index in [0.29, 0.717) is 13.0 Å². The van der Waals surface area contributed by atoms with Gasteiger partial charge in [0.25, 0.3) is 0 Å². The Morgan fingerprint density at radius 3 is 2.42 bits per heavy atom. The van der Waals surface area contributed by atoms with Crippen LogP contribution in [0.3, 0.4) is 0 Å². The van der Waals surface area contributed by atoms with Gasteiger partial charge in [-0.2, -0.15) is 0 Å². The molecule has 1 saturated heterocycles. The minimum absolute atomic E-state index is 0.00794. The fourth-order valence-electron chi connectivity index (χ4n) is 2.33. The standard InChI is InChI=1S/C13H22N2O4/c1-8(2)11(14-13(18)19-4)12(17)15-7-5-6-10(15)9(3)16/h8,10-11H,5-7H2,1-4H3,(H,14,18). The van der Waals surface area contributed by atoms with Gasteiger partial charge in [0.05, 0.1) is 13.2 Å². The quantitative estimate of drug-likeness (QED) is 0.825. The highest BCUT2D eigenvalue weighted by Crippen LogP contribution is 2.20. The SMILES string of the molecule is COC(=O)NC(C(=O)N1CCCC1C(C)=O)C(C)C. The van der Waals surface area contributed by atoms with Crippen LogP contribution in [0.1, 0.15) is 33.6 Å². The highest BCUT2D eigenvalue weighted by molar-refractivity contribution is 5.91. The monoisotopic (exact) mass is 270 g/mol. The van der Waals surface area contributed by atoms with Crippen molar-refractivity contribution in [2.75, 3.05) is 13.7 Å². The Morgan fingerprint density at radius 1 is 1.32 bits per heavy atom. The molecule has 2 atom stereocenters. The zero-order valence-electron chi connectivity index (χ0n) is 11.9. The maximum atomic E-state index is 12.5. The van der Waals surface area contributed by atoms with Crippen LogP contribution < -0.4 is 5.32 Å². The third-order valence-electron chi connectivity index (χ3n) is 3.40. The Bertz CT molecular complexity index is 368. The molecule has 0 spiro atoms. The van der Waals surface area contributed by atoms with Crippen LogP contribution in [0.25, 0.3) is 0 Å². The first kappa shape index (κ1) is 15.5. The lowest BCUT2D eigenvalue weighted by Crippen LogP contribution is -2.53. The number of amides is 2. The molecule has 0 radical (unpaired) electrons. The number of Topliss-reactive ketones (excluding diaryl/α,β-unsaturated/α-hetero) is 1. The first-order valence-electron chi connectivity index (χ1n) is 6.54. The van der Waals surface area contributed by atoms with Crippen molar-refractivity contribution in [3.05, 3.63) is 0 Å². The van der Waals surface area contributed by atoms with Crippen molar-refractivity contribution in [2.45, 2.75) is 45.7 Å². The number of alkyl carbamates (subject to hydrolysis) is 1. The van der Waals surface area contributed by atoms with E-state index >= 15 is 0 Å². The molecule has 19 heavy (non-hydrogen) atoms. The summed E-state index contributed by atoms with van der Waals surface area (Å²) < 4.78 is 4.53. The smallest absolute Gasteiger partial charge is 0.407 e. The van der Waals surface area contributed by atoms with E-state index in [1.165, 1.54) is 14.0 Å². The van der Waals surface area contributed by atoms with E-state index in [1.807, 2.05) is 13.8 Å². The second-order valence-corrected chi connectivity index (χ2v) is 5.16. The summed E-state index contributed by atoms with van der Waals surface area (Å²) >= 11 is 0. The maximum Gasteiger partial charge on any atom is 0.407 e. The fraction of sp³-hybridized carbons (Fsp3) is 0.769. The van der Waals surface area contributed by atoms with E-state index < -0.39 is 12.1 Å². The van der Waals surface area contributed by atoms with Crippen molar-refractivity contribution in [1.82, 2.24) is 10.2 Å². The van der Waals surface area contributed by atoms with E-state index in [9.17, 15) is 14.4 Å². The van der Waals surface area contributed by atoms with Crippen LogP contribution in [0, 0.1) is 5.92 Å². The molecule has 0 aromatic heterocycles. The van der Waals surface area contributed by atoms with Crippen molar-refractivity contribution >= 4 is 17.8 Å². The number of ether oxygens (including phenoxy) is 1. The molecule has 0 aliphatic carbocycles. The predicted molar refractivity (Wildman–Crippen MR) is 69.6 cm³/mol. The summed E-state index contributed by atoms with van der Waals surface area (Å²) in [4.78, 5) is 36.8. The van der Waals surface area contributed by atoms with Gasteiger partial charge in [-0.05, 0) is 25.7 Å². The van der Waals surface area contributed by atoms with Crippen LogP contribution in [-0.2, 0) is 14.3 Å². The Balaban J connectivity index is 2.81. The van der Waals surface area contributed by atoms with E-state index in [0.717, 1.165) is 6.42 Å². The lowest BCUT2D eigenvalue weighted by Gasteiger charge is -2.29. The number of rotatable bonds is 4. The zero-order chi connectivity index (χ0) is 14.6. The van der Waals surface area contributed by atoms with Gasteiger partial charge in [-0.25, -0.2) is 4.79 Å². The first-order chi connectivity index (χ1) is 8.88. The molecule has 1 aliphatic rings. The zero-order valence-corrected chi connectivity index (χ0v) is 11.9. The number of hydrogen-bond acceptors (Lipinski definition) is 4.